The number of nitrogens with two attached hydrogens (primary N) is 1. The van der Waals surface area contributed by atoms with E-state index in [2.05, 4.69) is 15.9 Å². The fourth-order valence-electron chi connectivity index (χ4n) is 1.45. The second-order valence-corrected chi connectivity index (χ2v) is 4.17. The van der Waals surface area contributed by atoms with Gasteiger partial charge in [-0.05, 0) is 46.3 Å². The summed E-state index contributed by atoms with van der Waals surface area (Å²) in [6.45, 7) is 0. The maximum absolute atomic E-state index is 12.0. The summed E-state index contributed by atoms with van der Waals surface area (Å²) >= 11 is 3.15. The zero-order valence-electron chi connectivity index (χ0n) is 9.07. The van der Waals surface area contributed by atoms with Crippen LogP contribution in [-0.2, 0) is 0 Å². The van der Waals surface area contributed by atoms with E-state index in [0.717, 1.165) is 0 Å². The molecule has 0 aliphatic carbocycles. The molecule has 5 heteroatoms. The molecule has 0 saturated carbocycles. The number of rotatable bonds is 3. The molecule has 1 heterocycles. The van der Waals surface area contributed by atoms with E-state index >= 15 is 0 Å². The molecule has 0 amide bonds. The number of nitrogen functional groups attached to an aromatic ring is 1. The van der Waals surface area contributed by atoms with Crippen molar-refractivity contribution in [2.75, 3.05) is 12.8 Å². The Hall–Kier alpha value is -1.75. The van der Waals surface area contributed by atoms with Crippen LogP contribution in [0.3, 0.4) is 0 Å². The first-order valence-electron chi connectivity index (χ1n) is 4.85. The topological polar surface area (TPSA) is 65.5 Å². The number of hydrogen-bond donors (Lipinski definition) is 1. The van der Waals surface area contributed by atoms with Gasteiger partial charge in [-0.1, -0.05) is 0 Å². The predicted octanol–water partition coefficient (Wildman–Crippen LogP) is 2.86. The number of hydrogen-bond acceptors (Lipinski definition) is 4. The van der Waals surface area contributed by atoms with Crippen LogP contribution in [0.1, 0.15) is 16.1 Å². The summed E-state index contributed by atoms with van der Waals surface area (Å²) < 4.78 is 10.7. The van der Waals surface area contributed by atoms with Crippen molar-refractivity contribution in [2.24, 2.45) is 0 Å². The van der Waals surface area contributed by atoms with E-state index in [1.807, 2.05) is 0 Å². The molecule has 0 fully saturated rings. The molecule has 0 aliphatic rings. The van der Waals surface area contributed by atoms with Gasteiger partial charge in [-0.2, -0.15) is 0 Å². The van der Waals surface area contributed by atoms with Gasteiger partial charge in [0.2, 0.25) is 5.78 Å². The van der Waals surface area contributed by atoms with Crippen molar-refractivity contribution >= 4 is 27.4 Å². The molecule has 0 aliphatic heterocycles. The smallest absolute Gasteiger partial charge is 0.228 e. The minimum atomic E-state index is -0.218. The maximum Gasteiger partial charge on any atom is 0.228 e. The van der Waals surface area contributed by atoms with Gasteiger partial charge in [-0.15, -0.1) is 0 Å². The minimum absolute atomic E-state index is 0.218. The molecular weight excluding hydrogens is 286 g/mol. The molecule has 17 heavy (non-hydrogen) atoms. The summed E-state index contributed by atoms with van der Waals surface area (Å²) in [5.41, 5.74) is 6.62. The van der Waals surface area contributed by atoms with Crippen LogP contribution in [-0.4, -0.2) is 12.9 Å². The number of anilines is 1. The molecule has 2 aromatic rings. The van der Waals surface area contributed by atoms with Gasteiger partial charge in [0.15, 0.2) is 10.4 Å². The highest BCUT2D eigenvalue weighted by Crippen LogP contribution is 2.24. The second-order valence-electron chi connectivity index (χ2n) is 3.39. The van der Waals surface area contributed by atoms with Gasteiger partial charge in [-0.25, -0.2) is 0 Å². The van der Waals surface area contributed by atoms with E-state index in [0.29, 0.717) is 21.7 Å². The van der Waals surface area contributed by atoms with Gasteiger partial charge in [0.1, 0.15) is 5.75 Å². The lowest BCUT2D eigenvalue weighted by molar-refractivity contribution is 0.101. The van der Waals surface area contributed by atoms with E-state index in [9.17, 15) is 4.79 Å². The number of carbonyl (C=O) groups is 1. The van der Waals surface area contributed by atoms with E-state index in [-0.39, 0.29) is 11.5 Å². The van der Waals surface area contributed by atoms with Crippen molar-refractivity contribution in [1.82, 2.24) is 0 Å². The number of halogens is 1. The Bertz CT molecular complexity index is 563. The zero-order chi connectivity index (χ0) is 12.4. The van der Waals surface area contributed by atoms with Gasteiger partial charge < -0.3 is 14.9 Å². The summed E-state index contributed by atoms with van der Waals surface area (Å²) in [6.07, 6.45) is 0. The quantitative estimate of drug-likeness (QED) is 0.698. The first-order valence-corrected chi connectivity index (χ1v) is 5.64. The van der Waals surface area contributed by atoms with Crippen molar-refractivity contribution in [3.8, 4) is 5.75 Å². The van der Waals surface area contributed by atoms with Crippen molar-refractivity contribution in [3.63, 3.8) is 0 Å². The van der Waals surface area contributed by atoms with Crippen LogP contribution in [0.4, 0.5) is 5.69 Å². The number of furan rings is 1. The Morgan fingerprint density at radius 3 is 2.65 bits per heavy atom. The van der Waals surface area contributed by atoms with Crippen LogP contribution in [0.5, 0.6) is 5.75 Å². The first-order chi connectivity index (χ1) is 8.11. The third kappa shape index (κ3) is 2.34. The lowest BCUT2D eigenvalue weighted by Gasteiger charge is -2.05. The number of ketones is 1. The Balaban J connectivity index is 2.35. The largest absolute Gasteiger partial charge is 0.495 e. The number of ether oxygens (including phenoxy) is 1. The number of carbonyl (C=O) groups excluding carboxylic acids is 1. The van der Waals surface area contributed by atoms with Crippen LogP contribution >= 0.6 is 15.9 Å². The highest BCUT2D eigenvalue weighted by molar-refractivity contribution is 9.10. The van der Waals surface area contributed by atoms with Crippen LogP contribution in [0, 0.1) is 0 Å². The molecule has 2 rings (SSSR count). The molecule has 1 aromatic carbocycles. The van der Waals surface area contributed by atoms with Crippen molar-refractivity contribution in [2.45, 2.75) is 0 Å². The highest BCUT2D eigenvalue weighted by Gasteiger charge is 2.14. The summed E-state index contributed by atoms with van der Waals surface area (Å²) in [5.74, 6) is 0.591. The normalized spacial score (nSPS) is 10.2. The predicted molar refractivity (Wildman–Crippen MR) is 67.2 cm³/mol. The Morgan fingerprint density at radius 1 is 1.35 bits per heavy atom. The summed E-state index contributed by atoms with van der Waals surface area (Å²) in [5, 5.41) is 0. The average Bonchev–Trinajstić information content (AvgIpc) is 2.75. The van der Waals surface area contributed by atoms with Crippen molar-refractivity contribution in [1.29, 1.82) is 0 Å². The lowest BCUT2D eigenvalue weighted by Crippen LogP contribution is -2.01. The highest BCUT2D eigenvalue weighted by atomic mass is 79.9. The first kappa shape index (κ1) is 11.7. The fourth-order valence-corrected chi connectivity index (χ4v) is 1.76. The van der Waals surface area contributed by atoms with E-state index < -0.39 is 0 Å². The molecule has 0 bridgehead atoms. The molecule has 1 aromatic heterocycles. The van der Waals surface area contributed by atoms with Crippen LogP contribution in [0.15, 0.2) is 39.4 Å². The third-order valence-corrected chi connectivity index (χ3v) is 2.72. The van der Waals surface area contributed by atoms with Crippen molar-refractivity contribution in [3.05, 3.63) is 46.3 Å². The second kappa shape index (κ2) is 4.63. The maximum atomic E-state index is 12.0. The monoisotopic (exact) mass is 295 g/mol. The van der Waals surface area contributed by atoms with Gasteiger partial charge >= 0.3 is 0 Å². The Morgan fingerprint density at radius 2 is 2.12 bits per heavy atom. The van der Waals surface area contributed by atoms with Crippen LogP contribution < -0.4 is 10.5 Å². The van der Waals surface area contributed by atoms with E-state index in [1.54, 1.807) is 30.3 Å². The molecule has 0 atom stereocenters. The fraction of sp³-hybridized carbons (Fsp3) is 0.0833. The molecular formula is C12H10BrNO3. The Kier molecular flexibility index (Phi) is 3.19. The SMILES string of the molecule is COc1ccc(C(=O)c2ccc(Br)o2)cc1N. The summed E-state index contributed by atoms with van der Waals surface area (Å²) in [7, 11) is 1.52. The minimum Gasteiger partial charge on any atom is -0.495 e. The molecule has 0 saturated heterocycles. The van der Waals surface area contributed by atoms with Crippen LogP contribution in [0.25, 0.3) is 0 Å². The molecule has 0 spiro atoms. The zero-order valence-corrected chi connectivity index (χ0v) is 10.7. The number of methoxy groups -OCH3 is 1. The van der Waals surface area contributed by atoms with Gasteiger partial charge in [-0.3, -0.25) is 4.79 Å². The molecule has 0 unspecified atom stereocenters. The summed E-state index contributed by atoms with van der Waals surface area (Å²) in [4.78, 5) is 12.0. The van der Waals surface area contributed by atoms with Crippen LogP contribution in [0.2, 0.25) is 0 Å². The average molecular weight is 296 g/mol. The molecule has 0 radical (unpaired) electrons. The molecule has 88 valence electrons. The lowest BCUT2D eigenvalue weighted by atomic mass is 10.1. The summed E-state index contributed by atoms with van der Waals surface area (Å²) in [6, 6.07) is 8.14. The van der Waals surface area contributed by atoms with Crippen molar-refractivity contribution < 1.29 is 13.9 Å². The molecule has 4 nitrogen and oxygen atoms in total. The van der Waals surface area contributed by atoms with E-state index in [1.165, 1.54) is 7.11 Å². The number of benzene rings is 1. The van der Waals surface area contributed by atoms with Gasteiger partial charge in [0, 0.05) is 5.56 Å². The third-order valence-electron chi connectivity index (χ3n) is 2.29. The van der Waals surface area contributed by atoms with Gasteiger partial charge in [0.25, 0.3) is 0 Å². The Labute approximate surface area is 106 Å². The standard InChI is InChI=1S/C12H10BrNO3/c1-16-9-3-2-7(6-8(9)14)12(15)10-4-5-11(13)17-10/h2-6H,14H2,1H3. The van der Waals surface area contributed by atoms with E-state index in [4.69, 9.17) is 14.9 Å². The van der Waals surface area contributed by atoms with Gasteiger partial charge in [0.05, 0.1) is 12.8 Å². The molecule has 2 N–H and O–H groups in total.